The van der Waals surface area contributed by atoms with E-state index in [9.17, 15) is 9.18 Å². The third-order valence-corrected chi connectivity index (χ3v) is 2.30. The molecular formula is C13H19FN2O2. The van der Waals surface area contributed by atoms with Gasteiger partial charge in [0, 0.05) is 19.8 Å². The molecule has 0 aliphatic rings. The fraction of sp³-hybridized carbons (Fsp3) is 0.462. The highest BCUT2D eigenvalue weighted by Crippen LogP contribution is 2.11. The van der Waals surface area contributed by atoms with Crippen LogP contribution in [-0.2, 0) is 9.53 Å². The zero-order valence-corrected chi connectivity index (χ0v) is 10.5. The summed E-state index contributed by atoms with van der Waals surface area (Å²) in [6.07, 6.45) is 0.777. The van der Waals surface area contributed by atoms with Gasteiger partial charge in [-0.15, -0.1) is 0 Å². The normalized spacial score (nSPS) is 10.1. The first-order valence-electron chi connectivity index (χ1n) is 6.07. The Labute approximate surface area is 107 Å². The maximum atomic E-state index is 13.2. The summed E-state index contributed by atoms with van der Waals surface area (Å²) in [6.45, 7) is 3.88. The molecule has 1 rings (SSSR count). The second-order valence-electron chi connectivity index (χ2n) is 3.73. The predicted octanol–water partition coefficient (Wildman–Crippen LogP) is 1.78. The summed E-state index contributed by atoms with van der Waals surface area (Å²) in [5.41, 5.74) is 0.335. The van der Waals surface area contributed by atoms with E-state index in [2.05, 4.69) is 10.6 Å². The van der Waals surface area contributed by atoms with E-state index in [1.165, 1.54) is 6.07 Å². The van der Waals surface area contributed by atoms with Gasteiger partial charge in [-0.2, -0.15) is 0 Å². The molecule has 0 fully saturated rings. The van der Waals surface area contributed by atoms with Crippen molar-refractivity contribution < 1.29 is 13.9 Å². The molecule has 0 unspecified atom stereocenters. The van der Waals surface area contributed by atoms with Crippen LogP contribution >= 0.6 is 0 Å². The minimum absolute atomic E-state index is 0.0650. The van der Waals surface area contributed by atoms with E-state index in [0.717, 1.165) is 6.42 Å². The van der Waals surface area contributed by atoms with Gasteiger partial charge >= 0.3 is 0 Å². The molecule has 5 heteroatoms. The summed E-state index contributed by atoms with van der Waals surface area (Å²) < 4.78 is 18.4. The first-order chi connectivity index (χ1) is 8.74. The fourth-order valence-corrected chi connectivity index (χ4v) is 1.39. The third kappa shape index (κ3) is 5.63. The van der Waals surface area contributed by atoms with Gasteiger partial charge in [-0.25, -0.2) is 4.39 Å². The van der Waals surface area contributed by atoms with Crippen molar-refractivity contribution in [2.45, 2.75) is 13.3 Å². The zero-order valence-electron chi connectivity index (χ0n) is 10.5. The van der Waals surface area contributed by atoms with E-state index < -0.39 is 0 Å². The molecular weight excluding hydrogens is 235 g/mol. The van der Waals surface area contributed by atoms with Gasteiger partial charge in [0.05, 0.1) is 12.2 Å². The first-order valence-corrected chi connectivity index (χ1v) is 6.07. The molecule has 0 atom stereocenters. The van der Waals surface area contributed by atoms with Crippen LogP contribution in [0.3, 0.4) is 0 Å². The van der Waals surface area contributed by atoms with Crippen LogP contribution in [0.2, 0.25) is 0 Å². The molecule has 2 N–H and O–H groups in total. The highest BCUT2D eigenvalue weighted by atomic mass is 19.1. The maximum Gasteiger partial charge on any atom is 0.239 e. The van der Waals surface area contributed by atoms with E-state index in [4.69, 9.17) is 4.74 Å². The number of anilines is 1. The lowest BCUT2D eigenvalue weighted by Gasteiger charge is -2.08. The average Bonchev–Trinajstić information content (AvgIpc) is 2.37. The largest absolute Gasteiger partial charge is 0.382 e. The van der Waals surface area contributed by atoms with E-state index in [-0.39, 0.29) is 18.3 Å². The maximum absolute atomic E-state index is 13.2. The first kappa shape index (κ1) is 14.4. The Kier molecular flexibility index (Phi) is 6.79. The van der Waals surface area contributed by atoms with Gasteiger partial charge < -0.3 is 15.4 Å². The van der Waals surface area contributed by atoms with Crippen LogP contribution in [0.25, 0.3) is 0 Å². The smallest absolute Gasteiger partial charge is 0.239 e. The van der Waals surface area contributed by atoms with Crippen LogP contribution < -0.4 is 10.6 Å². The Balaban J connectivity index is 2.15. The van der Waals surface area contributed by atoms with Gasteiger partial charge in [0.2, 0.25) is 5.91 Å². The summed E-state index contributed by atoms with van der Waals surface area (Å²) in [5, 5.41) is 5.47. The van der Waals surface area contributed by atoms with E-state index in [0.29, 0.717) is 25.4 Å². The number of amides is 1. The Morgan fingerprint density at radius 2 is 2.17 bits per heavy atom. The molecule has 1 aromatic rings. The van der Waals surface area contributed by atoms with Gasteiger partial charge in [0.25, 0.3) is 0 Å². The van der Waals surface area contributed by atoms with Crippen LogP contribution in [-0.4, -0.2) is 32.2 Å². The summed E-state index contributed by atoms with van der Waals surface area (Å²) in [4.78, 5) is 11.4. The molecule has 4 nitrogen and oxygen atoms in total. The lowest BCUT2D eigenvalue weighted by atomic mass is 10.3. The van der Waals surface area contributed by atoms with Crippen LogP contribution in [0.1, 0.15) is 13.3 Å². The highest BCUT2D eigenvalue weighted by molar-refractivity contribution is 5.80. The summed E-state index contributed by atoms with van der Waals surface area (Å²) >= 11 is 0. The van der Waals surface area contributed by atoms with E-state index >= 15 is 0 Å². The van der Waals surface area contributed by atoms with Crippen LogP contribution in [0.15, 0.2) is 24.3 Å². The number of benzene rings is 1. The number of rotatable bonds is 8. The van der Waals surface area contributed by atoms with Crippen molar-refractivity contribution in [3.63, 3.8) is 0 Å². The van der Waals surface area contributed by atoms with E-state index in [1.807, 2.05) is 6.92 Å². The SMILES string of the molecule is CCOCCCNC(=O)CNc1ccccc1F. The second-order valence-corrected chi connectivity index (χ2v) is 3.73. The molecule has 1 amide bonds. The zero-order chi connectivity index (χ0) is 13.2. The number of carbonyl (C=O) groups excluding carboxylic acids is 1. The van der Waals surface area contributed by atoms with Crippen molar-refractivity contribution in [2.75, 3.05) is 31.6 Å². The van der Waals surface area contributed by atoms with Crippen LogP contribution in [0.4, 0.5) is 10.1 Å². The number of hydrogen-bond acceptors (Lipinski definition) is 3. The Bertz CT molecular complexity index is 372. The topological polar surface area (TPSA) is 50.4 Å². The van der Waals surface area contributed by atoms with Gasteiger partial charge in [-0.1, -0.05) is 12.1 Å². The predicted molar refractivity (Wildman–Crippen MR) is 69.0 cm³/mol. The van der Waals surface area contributed by atoms with E-state index in [1.54, 1.807) is 18.2 Å². The fourth-order valence-electron chi connectivity index (χ4n) is 1.39. The molecule has 1 aromatic carbocycles. The van der Waals surface area contributed by atoms with Crippen LogP contribution in [0, 0.1) is 5.82 Å². The van der Waals surface area contributed by atoms with Crippen molar-refractivity contribution in [1.82, 2.24) is 5.32 Å². The summed E-state index contributed by atoms with van der Waals surface area (Å²) in [6, 6.07) is 6.26. The summed E-state index contributed by atoms with van der Waals surface area (Å²) in [5.74, 6) is -0.517. The van der Waals surface area contributed by atoms with Gasteiger partial charge in [-0.3, -0.25) is 4.79 Å². The molecule has 0 heterocycles. The third-order valence-electron chi connectivity index (χ3n) is 2.30. The van der Waals surface area contributed by atoms with Crippen molar-refractivity contribution in [3.05, 3.63) is 30.1 Å². The lowest BCUT2D eigenvalue weighted by molar-refractivity contribution is -0.119. The molecule has 0 saturated carbocycles. The Morgan fingerprint density at radius 3 is 2.89 bits per heavy atom. The molecule has 0 aliphatic heterocycles. The van der Waals surface area contributed by atoms with Crippen LogP contribution in [0.5, 0.6) is 0 Å². The molecule has 0 radical (unpaired) electrons. The number of halogens is 1. The molecule has 0 saturated heterocycles. The van der Waals surface area contributed by atoms with Gasteiger partial charge in [0.1, 0.15) is 5.82 Å². The van der Waals surface area contributed by atoms with Crippen molar-refractivity contribution in [3.8, 4) is 0 Å². The Morgan fingerprint density at radius 1 is 1.39 bits per heavy atom. The molecule has 18 heavy (non-hydrogen) atoms. The lowest BCUT2D eigenvalue weighted by Crippen LogP contribution is -2.31. The number of para-hydroxylation sites is 1. The monoisotopic (exact) mass is 254 g/mol. The average molecular weight is 254 g/mol. The second kappa shape index (κ2) is 8.47. The number of ether oxygens (including phenoxy) is 1. The minimum atomic E-state index is -0.360. The van der Waals surface area contributed by atoms with Crippen molar-refractivity contribution in [1.29, 1.82) is 0 Å². The Hall–Kier alpha value is -1.62. The number of carbonyl (C=O) groups is 1. The quantitative estimate of drug-likeness (QED) is 0.695. The van der Waals surface area contributed by atoms with Crippen molar-refractivity contribution >= 4 is 11.6 Å². The van der Waals surface area contributed by atoms with Crippen molar-refractivity contribution in [2.24, 2.45) is 0 Å². The molecule has 100 valence electrons. The minimum Gasteiger partial charge on any atom is -0.382 e. The number of hydrogen-bond donors (Lipinski definition) is 2. The molecule has 0 bridgehead atoms. The van der Waals surface area contributed by atoms with Gasteiger partial charge in [0.15, 0.2) is 0 Å². The molecule has 0 aromatic heterocycles. The standard InChI is InChI=1S/C13H19FN2O2/c1-2-18-9-5-8-15-13(17)10-16-12-7-4-3-6-11(12)14/h3-4,6-7,16H,2,5,8-10H2,1H3,(H,15,17). The summed E-state index contributed by atoms with van der Waals surface area (Å²) in [7, 11) is 0. The van der Waals surface area contributed by atoms with Gasteiger partial charge in [-0.05, 0) is 25.5 Å². The highest BCUT2D eigenvalue weighted by Gasteiger charge is 2.03. The molecule has 0 spiro atoms. The number of nitrogens with one attached hydrogen (secondary N) is 2. The molecule has 0 aliphatic carbocycles.